The molecule has 2 aromatic heterocycles. The third-order valence-corrected chi connectivity index (χ3v) is 4.60. The highest BCUT2D eigenvalue weighted by Crippen LogP contribution is 2.32. The number of carbonyl (C=O) groups excluding carboxylic acids is 1. The Morgan fingerprint density at radius 3 is 2.70 bits per heavy atom. The normalized spacial score (nSPS) is 10.9. The first-order valence-corrected chi connectivity index (χ1v) is 8.83. The molecule has 0 amide bonds. The summed E-state index contributed by atoms with van der Waals surface area (Å²) in [6.45, 7) is 2.15. The lowest BCUT2D eigenvalue weighted by Crippen LogP contribution is -2.26. The summed E-state index contributed by atoms with van der Waals surface area (Å²) in [7, 11) is 0. The fraction of sp³-hybridized carbons (Fsp3) is 0.200. The number of aromatic nitrogens is 2. The number of fused-ring (bicyclic) bond motifs is 1. The summed E-state index contributed by atoms with van der Waals surface area (Å²) in [5, 5.41) is 10.3. The predicted molar refractivity (Wildman–Crippen MR) is 103 cm³/mol. The number of carbonyl (C=O) groups is 2. The molecule has 0 atom stereocenters. The number of pyridine rings is 2. The molecule has 3 rings (SSSR count). The van der Waals surface area contributed by atoms with Crippen LogP contribution in [0, 0.1) is 0 Å². The number of carboxylic acid groups (broad SMARTS) is 1. The lowest BCUT2D eigenvalue weighted by molar-refractivity contribution is -0.136. The van der Waals surface area contributed by atoms with Crippen LogP contribution in [0.3, 0.4) is 0 Å². The van der Waals surface area contributed by atoms with Gasteiger partial charge in [0.05, 0.1) is 0 Å². The summed E-state index contributed by atoms with van der Waals surface area (Å²) in [5.41, 5.74) is 2.01. The molecule has 27 heavy (non-hydrogen) atoms. The molecule has 0 fully saturated rings. The second-order valence-electron chi connectivity index (χ2n) is 6.03. The van der Waals surface area contributed by atoms with E-state index in [9.17, 15) is 14.4 Å². The topological polar surface area (TPSA) is 89.3 Å². The molecule has 1 N–H and O–H groups in total. The second kappa shape index (κ2) is 7.72. The molecule has 0 aliphatic carbocycles. The molecule has 0 unspecified atom stereocenters. The Labute approximate surface area is 160 Å². The van der Waals surface area contributed by atoms with Crippen molar-refractivity contribution in [1.29, 1.82) is 0 Å². The highest BCUT2D eigenvalue weighted by atomic mass is 35.5. The van der Waals surface area contributed by atoms with Crippen LogP contribution in [0.1, 0.15) is 29.4 Å². The van der Waals surface area contributed by atoms with Crippen molar-refractivity contribution in [3.63, 3.8) is 0 Å². The Balaban J connectivity index is 2.44. The van der Waals surface area contributed by atoms with E-state index in [-0.39, 0.29) is 24.1 Å². The van der Waals surface area contributed by atoms with Gasteiger partial charge in [-0.25, -0.2) is 4.98 Å². The zero-order valence-corrected chi connectivity index (χ0v) is 15.4. The van der Waals surface area contributed by atoms with Crippen LogP contribution in [-0.2, 0) is 17.8 Å². The van der Waals surface area contributed by atoms with Crippen molar-refractivity contribution in [2.24, 2.45) is 0 Å². The molecule has 138 valence electrons. The SMILES string of the molecule is CCn1c(=O)c(CCC(=O)O)c(-c2cccc(Cl)c2)c2ccc(C=O)nc21. The van der Waals surface area contributed by atoms with Crippen molar-refractivity contribution < 1.29 is 14.7 Å². The average molecular weight is 385 g/mol. The molecular formula is C20H17ClN2O4. The van der Waals surface area contributed by atoms with E-state index in [4.69, 9.17) is 16.7 Å². The van der Waals surface area contributed by atoms with Gasteiger partial charge in [-0.05, 0) is 43.2 Å². The van der Waals surface area contributed by atoms with Gasteiger partial charge in [0.1, 0.15) is 11.3 Å². The molecule has 0 spiro atoms. The molecule has 0 radical (unpaired) electrons. The van der Waals surface area contributed by atoms with Gasteiger partial charge in [0.2, 0.25) is 0 Å². The Morgan fingerprint density at radius 1 is 1.30 bits per heavy atom. The van der Waals surface area contributed by atoms with Crippen molar-refractivity contribution in [2.45, 2.75) is 26.3 Å². The van der Waals surface area contributed by atoms with E-state index in [0.29, 0.717) is 45.6 Å². The molecule has 1 aromatic carbocycles. The smallest absolute Gasteiger partial charge is 0.303 e. The number of benzene rings is 1. The summed E-state index contributed by atoms with van der Waals surface area (Å²) in [5.74, 6) is -0.982. The van der Waals surface area contributed by atoms with Gasteiger partial charge in [-0.1, -0.05) is 23.7 Å². The van der Waals surface area contributed by atoms with Crippen LogP contribution in [0.2, 0.25) is 5.02 Å². The number of aliphatic carboxylic acids is 1. The first-order valence-electron chi connectivity index (χ1n) is 8.45. The van der Waals surface area contributed by atoms with Crippen molar-refractivity contribution in [2.75, 3.05) is 0 Å². The minimum Gasteiger partial charge on any atom is -0.481 e. The maximum absolute atomic E-state index is 13.1. The summed E-state index contributed by atoms with van der Waals surface area (Å²) in [6.07, 6.45) is 0.542. The summed E-state index contributed by atoms with van der Waals surface area (Å²) in [6, 6.07) is 10.3. The summed E-state index contributed by atoms with van der Waals surface area (Å²) >= 11 is 6.13. The molecule has 7 heteroatoms. The Bertz CT molecular complexity index is 1110. The first kappa shape index (κ1) is 18.8. The number of aldehydes is 1. The van der Waals surface area contributed by atoms with Gasteiger partial charge >= 0.3 is 5.97 Å². The Hall–Kier alpha value is -2.99. The lowest BCUT2D eigenvalue weighted by Gasteiger charge is -2.17. The molecule has 0 aliphatic heterocycles. The van der Waals surface area contributed by atoms with Gasteiger partial charge < -0.3 is 5.11 Å². The molecule has 6 nitrogen and oxygen atoms in total. The van der Waals surface area contributed by atoms with E-state index in [1.807, 2.05) is 6.07 Å². The maximum Gasteiger partial charge on any atom is 0.303 e. The van der Waals surface area contributed by atoms with E-state index < -0.39 is 5.97 Å². The second-order valence-corrected chi connectivity index (χ2v) is 6.47. The summed E-state index contributed by atoms with van der Waals surface area (Å²) < 4.78 is 1.47. The van der Waals surface area contributed by atoms with Crippen molar-refractivity contribution in [1.82, 2.24) is 9.55 Å². The van der Waals surface area contributed by atoms with Gasteiger partial charge in [-0.2, -0.15) is 0 Å². The van der Waals surface area contributed by atoms with Crippen LogP contribution in [0.25, 0.3) is 22.2 Å². The fourth-order valence-electron chi connectivity index (χ4n) is 3.19. The van der Waals surface area contributed by atoms with Crippen LogP contribution in [-0.4, -0.2) is 26.9 Å². The van der Waals surface area contributed by atoms with Crippen LogP contribution >= 0.6 is 11.6 Å². The number of aryl methyl sites for hydroxylation is 1. The zero-order chi connectivity index (χ0) is 19.6. The van der Waals surface area contributed by atoms with Gasteiger partial charge in [-0.3, -0.25) is 19.0 Å². The van der Waals surface area contributed by atoms with Gasteiger partial charge in [0, 0.05) is 34.5 Å². The molecule has 2 heterocycles. The van der Waals surface area contributed by atoms with Crippen LogP contribution < -0.4 is 5.56 Å². The largest absolute Gasteiger partial charge is 0.481 e. The monoisotopic (exact) mass is 384 g/mol. The molecule has 0 bridgehead atoms. The first-order chi connectivity index (χ1) is 13.0. The van der Waals surface area contributed by atoms with Crippen LogP contribution in [0.5, 0.6) is 0 Å². The van der Waals surface area contributed by atoms with Gasteiger partial charge in [0.25, 0.3) is 5.56 Å². The maximum atomic E-state index is 13.1. The molecule has 0 saturated carbocycles. The molecule has 0 aliphatic rings. The quantitative estimate of drug-likeness (QED) is 0.656. The van der Waals surface area contributed by atoms with E-state index in [2.05, 4.69) is 4.98 Å². The van der Waals surface area contributed by atoms with Crippen molar-refractivity contribution >= 4 is 34.9 Å². The van der Waals surface area contributed by atoms with Gasteiger partial charge in [-0.15, -0.1) is 0 Å². The Kier molecular flexibility index (Phi) is 5.37. The summed E-state index contributed by atoms with van der Waals surface area (Å²) in [4.78, 5) is 39.7. The average Bonchev–Trinajstić information content (AvgIpc) is 2.65. The highest BCUT2D eigenvalue weighted by Gasteiger charge is 2.19. The zero-order valence-electron chi connectivity index (χ0n) is 14.6. The number of halogens is 1. The van der Waals surface area contributed by atoms with E-state index in [1.165, 1.54) is 4.57 Å². The highest BCUT2D eigenvalue weighted by molar-refractivity contribution is 6.30. The molecule has 3 aromatic rings. The van der Waals surface area contributed by atoms with E-state index in [0.717, 1.165) is 0 Å². The number of rotatable bonds is 6. The minimum absolute atomic E-state index is 0.0847. The third-order valence-electron chi connectivity index (χ3n) is 4.37. The van der Waals surface area contributed by atoms with Crippen molar-refractivity contribution in [3.8, 4) is 11.1 Å². The van der Waals surface area contributed by atoms with Gasteiger partial charge in [0.15, 0.2) is 6.29 Å². The van der Waals surface area contributed by atoms with E-state index in [1.54, 1.807) is 37.3 Å². The van der Waals surface area contributed by atoms with Crippen molar-refractivity contribution in [3.05, 3.63) is 63.0 Å². The number of hydrogen-bond acceptors (Lipinski definition) is 4. The fourth-order valence-corrected chi connectivity index (χ4v) is 3.38. The number of nitrogens with zero attached hydrogens (tertiary/aromatic N) is 2. The Morgan fingerprint density at radius 2 is 2.07 bits per heavy atom. The third kappa shape index (κ3) is 3.61. The van der Waals surface area contributed by atoms with Crippen LogP contribution in [0.4, 0.5) is 0 Å². The standard InChI is InChI=1S/C20H17ClN2O4/c1-2-23-19-15(7-6-14(11-24)22-19)18(12-4-3-5-13(21)10-12)16(20(23)27)8-9-17(25)26/h3-7,10-11H,2,8-9H2,1H3,(H,25,26). The van der Waals surface area contributed by atoms with E-state index >= 15 is 0 Å². The number of carboxylic acids is 1. The number of hydrogen-bond donors (Lipinski definition) is 1. The minimum atomic E-state index is -0.982. The molecular weight excluding hydrogens is 368 g/mol. The molecule has 0 saturated heterocycles. The predicted octanol–water partition coefficient (Wildman–Crippen LogP) is 3.57. The van der Waals surface area contributed by atoms with Crippen LogP contribution in [0.15, 0.2) is 41.2 Å². The lowest BCUT2D eigenvalue weighted by atomic mass is 9.94.